The van der Waals surface area contributed by atoms with Crippen molar-refractivity contribution in [3.05, 3.63) is 85.5 Å². The van der Waals surface area contributed by atoms with Crippen LogP contribution in [0.25, 0.3) is 0 Å². The largest absolute Gasteiger partial charge is 0.494 e. The van der Waals surface area contributed by atoms with E-state index >= 15 is 4.79 Å². The number of aliphatic hydroxyl groups excluding tert-OH is 1. The van der Waals surface area contributed by atoms with Gasteiger partial charge in [-0.05, 0) is 68.9 Å². The van der Waals surface area contributed by atoms with E-state index in [1.165, 1.54) is 0 Å². The molecule has 1 N–H and O–H groups in total. The number of nitrogens with zero attached hydrogens (tertiary/aromatic N) is 3. The van der Waals surface area contributed by atoms with Crippen LogP contribution in [0.3, 0.4) is 0 Å². The third-order valence-corrected chi connectivity index (χ3v) is 10.9. The molecule has 3 fully saturated rings. The van der Waals surface area contributed by atoms with Crippen molar-refractivity contribution >= 4 is 23.4 Å². The second-order valence-electron chi connectivity index (χ2n) is 13.9. The number of ether oxygens (including phenoxy) is 2. The number of rotatable bonds is 17. The van der Waals surface area contributed by atoms with Gasteiger partial charge < -0.3 is 29.3 Å². The van der Waals surface area contributed by atoms with Crippen LogP contribution in [-0.4, -0.2) is 88.8 Å². The summed E-state index contributed by atoms with van der Waals surface area (Å²) in [5.74, 6) is -1.99. The van der Waals surface area contributed by atoms with Gasteiger partial charge >= 0.3 is 0 Å². The molecule has 5 rings (SSSR count). The highest BCUT2D eigenvalue weighted by Gasteiger charge is 2.80. The first-order chi connectivity index (χ1) is 23.6. The first kappa shape index (κ1) is 36.3. The van der Waals surface area contributed by atoms with Crippen LogP contribution in [0.2, 0.25) is 0 Å². The maximum Gasteiger partial charge on any atom is 0.248 e. The topological polar surface area (TPSA) is 99.6 Å². The van der Waals surface area contributed by atoms with Crippen molar-refractivity contribution < 1.29 is 29.0 Å². The number of amides is 3. The average Bonchev–Trinajstić information content (AvgIpc) is 3.62. The molecule has 0 radical (unpaired) electrons. The van der Waals surface area contributed by atoms with Gasteiger partial charge in [0, 0.05) is 25.3 Å². The van der Waals surface area contributed by atoms with Crippen LogP contribution in [0.5, 0.6) is 5.75 Å². The number of aliphatic hydroxyl groups is 1. The first-order valence-electron chi connectivity index (χ1n) is 17.8. The van der Waals surface area contributed by atoms with Gasteiger partial charge in [0.05, 0.1) is 36.7 Å². The number of carbonyl (C=O) groups is 3. The summed E-state index contributed by atoms with van der Waals surface area (Å²) in [7, 11) is 0. The van der Waals surface area contributed by atoms with Crippen LogP contribution >= 0.6 is 0 Å². The van der Waals surface area contributed by atoms with Gasteiger partial charge in [-0.25, -0.2) is 0 Å². The summed E-state index contributed by atoms with van der Waals surface area (Å²) in [4.78, 5) is 49.9. The average molecular weight is 672 g/mol. The summed E-state index contributed by atoms with van der Waals surface area (Å²) < 4.78 is 12.7. The van der Waals surface area contributed by atoms with E-state index in [0.717, 1.165) is 24.8 Å². The van der Waals surface area contributed by atoms with Gasteiger partial charge in [-0.1, -0.05) is 69.2 Å². The third kappa shape index (κ3) is 6.55. The SMILES string of the molecule is C=CCN(CCCCC)C(=O)C1N([C@@H](CO)Cc2ccccc2)C(=O)[C@@H]2[C@@H](C(=O)N(CC=C)c3ccc(OCC)cc3)[C@]3(C)OC12CC3C. The zero-order chi connectivity index (χ0) is 35.3. The molecule has 3 amide bonds. The van der Waals surface area contributed by atoms with Gasteiger partial charge in [-0.15, -0.1) is 13.2 Å². The molecule has 3 aliphatic rings. The molecule has 3 saturated heterocycles. The second-order valence-corrected chi connectivity index (χ2v) is 13.9. The van der Waals surface area contributed by atoms with E-state index in [9.17, 15) is 14.7 Å². The smallest absolute Gasteiger partial charge is 0.248 e. The number of unbranched alkanes of at least 4 members (excludes halogenated alkanes) is 2. The Balaban J connectivity index is 1.61. The highest BCUT2D eigenvalue weighted by atomic mass is 16.5. The fourth-order valence-corrected chi connectivity index (χ4v) is 8.54. The number of benzene rings is 2. The molecule has 3 aliphatic heterocycles. The molecule has 0 aromatic heterocycles. The molecule has 0 aliphatic carbocycles. The van der Waals surface area contributed by atoms with Crippen LogP contribution in [-0.2, 0) is 25.5 Å². The lowest BCUT2D eigenvalue weighted by atomic mass is 9.62. The molecule has 9 nitrogen and oxygen atoms in total. The highest BCUT2D eigenvalue weighted by Crippen LogP contribution is 2.66. The van der Waals surface area contributed by atoms with Crippen LogP contribution < -0.4 is 9.64 Å². The lowest BCUT2D eigenvalue weighted by Crippen LogP contribution is -2.59. The van der Waals surface area contributed by atoms with Crippen molar-refractivity contribution in [3.63, 3.8) is 0 Å². The van der Waals surface area contributed by atoms with Gasteiger partial charge in [0.15, 0.2) is 0 Å². The first-order valence-corrected chi connectivity index (χ1v) is 17.8. The second kappa shape index (κ2) is 15.3. The van der Waals surface area contributed by atoms with Crippen molar-refractivity contribution in [1.82, 2.24) is 9.80 Å². The molecule has 9 heteroatoms. The zero-order valence-electron chi connectivity index (χ0n) is 29.6. The Labute approximate surface area is 291 Å². The van der Waals surface area contributed by atoms with Gasteiger partial charge in [-0.3, -0.25) is 14.4 Å². The number of hydrogen-bond acceptors (Lipinski definition) is 6. The molecule has 0 saturated carbocycles. The minimum Gasteiger partial charge on any atom is -0.494 e. The molecule has 2 aromatic rings. The lowest BCUT2D eigenvalue weighted by Gasteiger charge is -2.39. The van der Waals surface area contributed by atoms with Crippen molar-refractivity contribution in [3.8, 4) is 5.75 Å². The maximum absolute atomic E-state index is 15.1. The molecule has 1 spiro atoms. The molecule has 3 heterocycles. The van der Waals surface area contributed by atoms with Crippen molar-refractivity contribution in [2.45, 2.75) is 83.1 Å². The van der Waals surface area contributed by atoms with E-state index in [4.69, 9.17) is 9.47 Å². The van der Waals surface area contributed by atoms with Crippen LogP contribution in [0.4, 0.5) is 5.69 Å². The number of likely N-dealkylation sites (tertiary alicyclic amines) is 1. The monoisotopic (exact) mass is 671 g/mol. The summed E-state index contributed by atoms with van der Waals surface area (Å²) >= 11 is 0. The minimum absolute atomic E-state index is 0.124. The van der Waals surface area contributed by atoms with Crippen molar-refractivity contribution in [1.29, 1.82) is 0 Å². The predicted molar refractivity (Wildman–Crippen MR) is 191 cm³/mol. The Morgan fingerprint density at radius 1 is 1.06 bits per heavy atom. The van der Waals surface area contributed by atoms with E-state index < -0.39 is 35.1 Å². The Hall–Kier alpha value is -3.95. The molecule has 3 unspecified atom stereocenters. The molecule has 2 bridgehead atoms. The number of anilines is 1. The van der Waals surface area contributed by atoms with E-state index in [1.54, 1.807) is 26.9 Å². The Morgan fingerprint density at radius 2 is 1.76 bits per heavy atom. The predicted octanol–water partition coefficient (Wildman–Crippen LogP) is 5.42. The van der Waals surface area contributed by atoms with Crippen molar-refractivity contribution in [2.24, 2.45) is 17.8 Å². The number of carbonyl (C=O) groups excluding carboxylic acids is 3. The van der Waals surface area contributed by atoms with Gasteiger partial charge in [0.25, 0.3) is 0 Å². The molecular weight excluding hydrogens is 618 g/mol. The third-order valence-electron chi connectivity index (χ3n) is 10.9. The zero-order valence-corrected chi connectivity index (χ0v) is 29.6. The normalized spacial score (nSPS) is 27.4. The Kier molecular flexibility index (Phi) is 11.3. The van der Waals surface area contributed by atoms with Gasteiger partial charge in [0.1, 0.15) is 17.4 Å². The minimum atomic E-state index is -1.24. The molecule has 7 atom stereocenters. The highest BCUT2D eigenvalue weighted by molar-refractivity contribution is 6.03. The molecular formula is C40H53N3O6. The Morgan fingerprint density at radius 3 is 2.37 bits per heavy atom. The summed E-state index contributed by atoms with van der Waals surface area (Å²) in [6.45, 7) is 17.1. The van der Waals surface area contributed by atoms with Gasteiger partial charge in [0.2, 0.25) is 17.7 Å². The fraction of sp³-hybridized carbons (Fsp3) is 0.525. The molecule has 2 aromatic carbocycles. The van der Waals surface area contributed by atoms with E-state index in [0.29, 0.717) is 44.0 Å². The quantitative estimate of drug-likeness (QED) is 0.178. The maximum atomic E-state index is 15.1. The number of hydrogen-bond donors (Lipinski definition) is 1. The number of fused-ring (bicyclic) bond motifs is 1. The lowest BCUT2D eigenvalue weighted by molar-refractivity contribution is -0.155. The van der Waals surface area contributed by atoms with E-state index in [1.807, 2.05) is 75.4 Å². The van der Waals surface area contributed by atoms with Crippen molar-refractivity contribution in [2.75, 3.05) is 37.7 Å². The Bertz CT molecular complexity index is 1500. The van der Waals surface area contributed by atoms with Crippen LogP contribution in [0.15, 0.2) is 79.9 Å². The molecule has 49 heavy (non-hydrogen) atoms. The summed E-state index contributed by atoms with van der Waals surface area (Å²) in [5, 5.41) is 10.9. The summed E-state index contributed by atoms with van der Waals surface area (Å²) in [6.07, 6.45) is 6.95. The van der Waals surface area contributed by atoms with E-state index in [2.05, 4.69) is 20.1 Å². The molecule has 264 valence electrons. The fourth-order valence-electron chi connectivity index (χ4n) is 8.54. The van der Waals surface area contributed by atoms with Crippen LogP contribution in [0, 0.1) is 17.8 Å². The van der Waals surface area contributed by atoms with E-state index in [-0.39, 0.29) is 36.8 Å². The summed E-state index contributed by atoms with van der Waals surface area (Å²) in [5.41, 5.74) is -0.643. The summed E-state index contributed by atoms with van der Waals surface area (Å²) in [6, 6.07) is 15.3. The van der Waals surface area contributed by atoms with Gasteiger partial charge in [-0.2, -0.15) is 0 Å². The standard InChI is InChI=1S/C40H53N3O6/c1-7-11-15-24-41(22-8-2)38(47)35-40-26-28(5)39(6,49-40)33(36(45)42(23-9-3)30-18-20-32(21-19-30)48-10-4)34(40)37(46)43(35)31(27-44)25-29-16-13-12-14-17-29/h8-9,12-14,16-21,28,31,33-35,44H,2-3,7,10-11,15,22-27H2,1,4-6H3/t28?,31-,33+,34+,35?,39-,40?/m1/s1. The van der Waals surface area contributed by atoms with Crippen LogP contribution in [0.1, 0.15) is 58.9 Å².